The van der Waals surface area contributed by atoms with Crippen LogP contribution in [0.4, 0.5) is 0 Å². The summed E-state index contributed by atoms with van der Waals surface area (Å²) in [5.41, 5.74) is 1.31. The molecule has 4 nitrogen and oxygen atoms in total. The van der Waals surface area contributed by atoms with E-state index in [0.29, 0.717) is 10.6 Å². The first kappa shape index (κ1) is 14.6. The predicted molar refractivity (Wildman–Crippen MR) is 76.7 cm³/mol. The van der Waals surface area contributed by atoms with Crippen LogP contribution < -0.4 is 5.32 Å². The van der Waals surface area contributed by atoms with Crippen LogP contribution in [0.3, 0.4) is 0 Å². The molecule has 19 heavy (non-hydrogen) atoms. The minimum Gasteiger partial charge on any atom is -0.508 e. The summed E-state index contributed by atoms with van der Waals surface area (Å²) in [7, 11) is 0. The number of phenolic OH excluding ortho intramolecular Hbond substituents is 1. The summed E-state index contributed by atoms with van der Waals surface area (Å²) in [4.78, 5) is 2.22. The molecular weight excluding hydrogens is 264 g/mol. The van der Waals surface area contributed by atoms with Gasteiger partial charge in [0.15, 0.2) is 0 Å². The third-order valence-electron chi connectivity index (χ3n) is 3.81. The number of halogens is 1. The van der Waals surface area contributed by atoms with Crippen molar-refractivity contribution in [3.63, 3.8) is 0 Å². The highest BCUT2D eigenvalue weighted by Gasteiger charge is 2.26. The van der Waals surface area contributed by atoms with Crippen LogP contribution in [0.25, 0.3) is 0 Å². The number of aliphatic hydroxyl groups is 1. The first-order valence-electron chi connectivity index (χ1n) is 6.62. The Morgan fingerprint density at radius 3 is 2.58 bits per heavy atom. The van der Waals surface area contributed by atoms with Gasteiger partial charge < -0.3 is 15.5 Å². The van der Waals surface area contributed by atoms with Crippen LogP contribution in [-0.2, 0) is 0 Å². The molecule has 0 aromatic heterocycles. The number of aryl methyl sites for hydroxylation is 1. The van der Waals surface area contributed by atoms with E-state index in [1.54, 1.807) is 12.1 Å². The molecule has 1 aliphatic rings. The van der Waals surface area contributed by atoms with Gasteiger partial charge in [0, 0.05) is 42.8 Å². The van der Waals surface area contributed by atoms with Gasteiger partial charge in [-0.3, -0.25) is 4.90 Å². The number of nitrogens with zero attached hydrogens (tertiary/aromatic N) is 1. The molecule has 2 rings (SSSR count). The lowest BCUT2D eigenvalue weighted by molar-refractivity contribution is 0.0495. The molecule has 3 N–H and O–H groups in total. The van der Waals surface area contributed by atoms with Crippen molar-refractivity contribution in [2.24, 2.45) is 0 Å². The minimum absolute atomic E-state index is 0.0493. The average Bonchev–Trinajstić information content (AvgIpc) is 2.42. The van der Waals surface area contributed by atoms with Crippen molar-refractivity contribution in [1.82, 2.24) is 10.2 Å². The van der Waals surface area contributed by atoms with Crippen molar-refractivity contribution in [2.45, 2.75) is 26.0 Å². The molecule has 2 unspecified atom stereocenters. The SMILES string of the molecule is Cc1cc(O)c(C(O)C(C)N2CCNCC2)cc1Cl. The van der Waals surface area contributed by atoms with E-state index in [-0.39, 0.29) is 11.8 Å². The first-order chi connectivity index (χ1) is 9.00. The van der Waals surface area contributed by atoms with Crippen molar-refractivity contribution in [2.75, 3.05) is 26.2 Å². The van der Waals surface area contributed by atoms with Gasteiger partial charge in [-0.1, -0.05) is 11.6 Å². The van der Waals surface area contributed by atoms with Gasteiger partial charge in [-0.25, -0.2) is 0 Å². The van der Waals surface area contributed by atoms with Gasteiger partial charge in [0.25, 0.3) is 0 Å². The average molecular weight is 285 g/mol. The minimum atomic E-state index is -0.740. The molecule has 0 radical (unpaired) electrons. The predicted octanol–water partition coefficient (Wildman–Crippen LogP) is 1.68. The molecule has 1 aromatic rings. The molecule has 1 heterocycles. The number of nitrogens with one attached hydrogen (secondary N) is 1. The van der Waals surface area contributed by atoms with E-state index in [1.165, 1.54) is 0 Å². The van der Waals surface area contributed by atoms with Gasteiger partial charge in [-0.15, -0.1) is 0 Å². The lowest BCUT2D eigenvalue weighted by Crippen LogP contribution is -2.49. The molecule has 1 aromatic carbocycles. The van der Waals surface area contributed by atoms with Crippen LogP contribution in [-0.4, -0.2) is 47.3 Å². The summed E-state index contributed by atoms with van der Waals surface area (Å²) in [6.45, 7) is 7.47. The van der Waals surface area contributed by atoms with E-state index < -0.39 is 6.10 Å². The molecule has 0 bridgehead atoms. The van der Waals surface area contributed by atoms with Crippen LogP contribution in [0, 0.1) is 6.92 Å². The number of aliphatic hydroxyl groups excluding tert-OH is 1. The fraction of sp³-hybridized carbons (Fsp3) is 0.571. The number of hydrogen-bond acceptors (Lipinski definition) is 4. The van der Waals surface area contributed by atoms with Crippen LogP contribution in [0.5, 0.6) is 5.75 Å². The van der Waals surface area contributed by atoms with Gasteiger partial charge in [-0.2, -0.15) is 0 Å². The smallest absolute Gasteiger partial charge is 0.121 e. The van der Waals surface area contributed by atoms with E-state index in [4.69, 9.17) is 11.6 Å². The second kappa shape index (κ2) is 6.09. The maximum Gasteiger partial charge on any atom is 0.121 e. The molecule has 2 atom stereocenters. The summed E-state index contributed by atoms with van der Waals surface area (Å²) >= 11 is 6.07. The quantitative estimate of drug-likeness (QED) is 0.790. The second-order valence-electron chi connectivity index (χ2n) is 5.13. The Hall–Kier alpha value is -0.810. The number of hydrogen-bond donors (Lipinski definition) is 3. The zero-order valence-corrected chi connectivity index (χ0v) is 12.1. The lowest BCUT2D eigenvalue weighted by Gasteiger charge is -2.35. The zero-order valence-electron chi connectivity index (χ0n) is 11.4. The Bertz CT molecular complexity index is 447. The summed E-state index contributed by atoms with van der Waals surface area (Å²) in [5.74, 6) is 0.108. The molecule has 0 saturated carbocycles. The number of phenols is 1. The fourth-order valence-electron chi connectivity index (χ4n) is 2.47. The number of aromatic hydroxyl groups is 1. The van der Waals surface area contributed by atoms with Crippen LogP contribution in [0.2, 0.25) is 5.02 Å². The number of benzene rings is 1. The Labute approximate surface area is 119 Å². The van der Waals surface area contributed by atoms with E-state index in [1.807, 2.05) is 13.8 Å². The van der Waals surface area contributed by atoms with Crippen LogP contribution in [0.1, 0.15) is 24.2 Å². The van der Waals surface area contributed by atoms with Gasteiger partial charge in [0.1, 0.15) is 5.75 Å². The zero-order chi connectivity index (χ0) is 14.0. The lowest BCUT2D eigenvalue weighted by atomic mass is 9.99. The molecule has 1 saturated heterocycles. The highest BCUT2D eigenvalue weighted by atomic mass is 35.5. The normalized spacial score (nSPS) is 20.2. The third kappa shape index (κ3) is 3.20. The maximum absolute atomic E-state index is 10.5. The number of piperazine rings is 1. The highest BCUT2D eigenvalue weighted by Crippen LogP contribution is 2.33. The second-order valence-corrected chi connectivity index (χ2v) is 5.54. The molecule has 1 aliphatic heterocycles. The largest absolute Gasteiger partial charge is 0.508 e. The summed E-state index contributed by atoms with van der Waals surface area (Å²) < 4.78 is 0. The van der Waals surface area contributed by atoms with Crippen molar-refractivity contribution >= 4 is 11.6 Å². The van der Waals surface area contributed by atoms with Crippen molar-refractivity contribution in [3.8, 4) is 5.75 Å². The van der Waals surface area contributed by atoms with Gasteiger partial charge in [-0.05, 0) is 31.5 Å². The Balaban J connectivity index is 2.18. The van der Waals surface area contributed by atoms with Gasteiger partial charge in [0.05, 0.1) is 6.10 Å². The topological polar surface area (TPSA) is 55.7 Å². The monoisotopic (exact) mass is 284 g/mol. The molecule has 5 heteroatoms. The van der Waals surface area contributed by atoms with Crippen LogP contribution >= 0.6 is 11.6 Å². The molecule has 0 aliphatic carbocycles. The highest BCUT2D eigenvalue weighted by molar-refractivity contribution is 6.31. The fourth-order valence-corrected chi connectivity index (χ4v) is 2.64. The summed E-state index contributed by atoms with van der Waals surface area (Å²) in [6, 6.07) is 3.22. The van der Waals surface area contributed by atoms with Crippen molar-refractivity contribution < 1.29 is 10.2 Å². The molecule has 0 spiro atoms. The molecule has 0 amide bonds. The Morgan fingerprint density at radius 1 is 1.32 bits per heavy atom. The maximum atomic E-state index is 10.5. The van der Waals surface area contributed by atoms with Crippen molar-refractivity contribution in [1.29, 1.82) is 0 Å². The first-order valence-corrected chi connectivity index (χ1v) is 7.00. The van der Waals surface area contributed by atoms with E-state index in [2.05, 4.69) is 10.2 Å². The molecule has 1 fully saturated rings. The summed E-state index contributed by atoms with van der Waals surface area (Å²) in [5, 5.41) is 24.3. The van der Waals surface area contributed by atoms with Gasteiger partial charge in [0.2, 0.25) is 0 Å². The molecular formula is C14H21ClN2O2. The van der Waals surface area contributed by atoms with E-state index in [0.717, 1.165) is 31.7 Å². The Morgan fingerprint density at radius 2 is 1.95 bits per heavy atom. The van der Waals surface area contributed by atoms with E-state index in [9.17, 15) is 10.2 Å². The third-order valence-corrected chi connectivity index (χ3v) is 4.22. The summed E-state index contributed by atoms with van der Waals surface area (Å²) in [6.07, 6.45) is -0.740. The number of rotatable bonds is 3. The van der Waals surface area contributed by atoms with Gasteiger partial charge >= 0.3 is 0 Å². The Kier molecular flexibility index (Phi) is 4.68. The van der Waals surface area contributed by atoms with Crippen LogP contribution in [0.15, 0.2) is 12.1 Å². The standard InChI is InChI=1S/C14H21ClN2O2/c1-9-7-13(18)11(8-12(9)15)14(19)10(2)17-5-3-16-4-6-17/h7-8,10,14,16,18-19H,3-6H2,1-2H3. The van der Waals surface area contributed by atoms with Crippen molar-refractivity contribution in [3.05, 3.63) is 28.3 Å². The van der Waals surface area contributed by atoms with E-state index >= 15 is 0 Å². The molecule has 106 valence electrons.